The lowest BCUT2D eigenvalue weighted by atomic mass is 10.1. The van der Waals surface area contributed by atoms with Crippen molar-refractivity contribution in [1.82, 2.24) is 0 Å². The van der Waals surface area contributed by atoms with Gasteiger partial charge in [-0.25, -0.2) is 13.6 Å². The molecule has 0 atom stereocenters. The number of benzene rings is 3. The van der Waals surface area contributed by atoms with E-state index in [1.165, 1.54) is 18.2 Å². The quantitative estimate of drug-likeness (QED) is 0.293. The zero-order chi connectivity index (χ0) is 25.7. The number of nitrogens with two attached hydrogens (primary N) is 1. The molecule has 7 nitrogen and oxygen atoms in total. The summed E-state index contributed by atoms with van der Waals surface area (Å²) < 4.78 is 40.5. The molecule has 3 aromatic carbocycles. The molecule has 0 radical (unpaired) electrons. The number of Topliss-reactive ketones (excluding diaryl/α,β-unsaturated/α-hetero) is 1. The molecule has 0 saturated carbocycles. The number of ketones is 1. The minimum Gasteiger partial charge on any atom is -0.497 e. The van der Waals surface area contributed by atoms with E-state index in [9.17, 15) is 13.2 Å². The van der Waals surface area contributed by atoms with Crippen LogP contribution in [0.3, 0.4) is 0 Å². The number of aryl methyl sites for hydroxylation is 2. The van der Waals surface area contributed by atoms with Crippen LogP contribution in [0, 0.1) is 6.92 Å². The Morgan fingerprint density at radius 1 is 0.917 bits per heavy atom. The minimum atomic E-state index is -3.99. The van der Waals surface area contributed by atoms with Gasteiger partial charge >= 0.3 is 0 Å². The van der Waals surface area contributed by atoms with Crippen LogP contribution in [-0.2, 0) is 23.1 Å². The Balaban J connectivity index is 1.35. The molecule has 0 spiro atoms. The maximum atomic E-state index is 12.7. The Morgan fingerprint density at radius 3 is 2.14 bits per heavy atom. The molecule has 0 unspecified atom stereocenters. The molecule has 36 heavy (non-hydrogen) atoms. The van der Waals surface area contributed by atoms with E-state index >= 15 is 0 Å². The standard InChI is InChI=1S/C28H27NO6S/c1-19-22(18-34-24-13-9-21(10-14-24)20-7-11-23(33-2)12-8-20)17-25(35-19)15-16-27(30)26-5-3-4-6-28(26)36(29,31)32/h3-14,17H,15-16,18H2,1-2H3,(H2,29,31,32). The number of hydrogen-bond donors (Lipinski definition) is 1. The van der Waals surface area contributed by atoms with Crippen LogP contribution in [0.25, 0.3) is 11.1 Å². The second-order valence-corrected chi connectivity index (χ2v) is 9.83. The Kier molecular flexibility index (Phi) is 7.57. The summed E-state index contributed by atoms with van der Waals surface area (Å²) in [7, 11) is -2.34. The van der Waals surface area contributed by atoms with Crippen LogP contribution in [0.5, 0.6) is 11.5 Å². The lowest BCUT2D eigenvalue weighted by Gasteiger charge is -2.07. The van der Waals surface area contributed by atoms with E-state index in [1.54, 1.807) is 13.2 Å². The van der Waals surface area contributed by atoms with Crippen molar-refractivity contribution in [3.63, 3.8) is 0 Å². The Morgan fingerprint density at radius 2 is 1.53 bits per heavy atom. The number of hydrogen-bond acceptors (Lipinski definition) is 6. The van der Waals surface area contributed by atoms with Crippen LogP contribution in [0.15, 0.2) is 88.2 Å². The fourth-order valence-electron chi connectivity index (χ4n) is 3.86. The van der Waals surface area contributed by atoms with E-state index in [0.717, 1.165) is 28.2 Å². The monoisotopic (exact) mass is 505 g/mol. The molecule has 0 aliphatic rings. The normalized spacial score (nSPS) is 11.3. The first-order chi connectivity index (χ1) is 17.2. The number of carbonyl (C=O) groups is 1. The van der Waals surface area contributed by atoms with Crippen molar-refractivity contribution in [2.24, 2.45) is 5.14 Å². The first kappa shape index (κ1) is 25.2. The zero-order valence-corrected chi connectivity index (χ0v) is 20.9. The van der Waals surface area contributed by atoms with Gasteiger partial charge in [-0.1, -0.05) is 42.5 Å². The maximum Gasteiger partial charge on any atom is 0.238 e. The van der Waals surface area contributed by atoms with Gasteiger partial charge in [0.15, 0.2) is 5.78 Å². The van der Waals surface area contributed by atoms with E-state index in [0.29, 0.717) is 24.5 Å². The van der Waals surface area contributed by atoms with Crippen LogP contribution in [0.4, 0.5) is 0 Å². The van der Waals surface area contributed by atoms with E-state index in [4.69, 9.17) is 19.0 Å². The van der Waals surface area contributed by atoms with Gasteiger partial charge in [0.1, 0.15) is 29.6 Å². The summed E-state index contributed by atoms with van der Waals surface area (Å²) in [5.41, 5.74) is 3.12. The summed E-state index contributed by atoms with van der Waals surface area (Å²) in [5, 5.41) is 5.24. The van der Waals surface area contributed by atoms with Gasteiger partial charge < -0.3 is 13.9 Å². The van der Waals surface area contributed by atoms with Crippen molar-refractivity contribution >= 4 is 15.8 Å². The highest BCUT2D eigenvalue weighted by molar-refractivity contribution is 7.89. The number of ether oxygens (including phenoxy) is 2. The summed E-state index contributed by atoms with van der Waals surface area (Å²) in [6, 6.07) is 23.5. The fraction of sp³-hybridized carbons (Fsp3) is 0.179. The second-order valence-electron chi connectivity index (χ2n) is 8.30. The van der Waals surface area contributed by atoms with E-state index in [1.807, 2.05) is 61.5 Å². The number of carbonyl (C=O) groups excluding carboxylic acids is 1. The smallest absolute Gasteiger partial charge is 0.238 e. The summed E-state index contributed by atoms with van der Waals surface area (Å²) in [4.78, 5) is 12.5. The van der Waals surface area contributed by atoms with E-state index < -0.39 is 10.0 Å². The predicted octanol–water partition coefficient (Wildman–Crippen LogP) is 5.31. The van der Waals surface area contributed by atoms with Crippen LogP contribution < -0.4 is 14.6 Å². The van der Waals surface area contributed by atoms with Gasteiger partial charge in [-0.2, -0.15) is 0 Å². The second kappa shape index (κ2) is 10.8. The first-order valence-electron chi connectivity index (χ1n) is 11.3. The van der Waals surface area contributed by atoms with E-state index in [-0.39, 0.29) is 22.7 Å². The van der Waals surface area contributed by atoms with E-state index in [2.05, 4.69) is 0 Å². The van der Waals surface area contributed by atoms with Crippen molar-refractivity contribution in [1.29, 1.82) is 0 Å². The van der Waals surface area contributed by atoms with Crippen LogP contribution in [0.1, 0.15) is 33.9 Å². The van der Waals surface area contributed by atoms with Crippen molar-refractivity contribution in [3.8, 4) is 22.6 Å². The Bertz CT molecular complexity index is 1450. The molecule has 4 aromatic rings. The molecule has 8 heteroatoms. The van der Waals surface area contributed by atoms with Gasteiger partial charge in [0.25, 0.3) is 0 Å². The van der Waals surface area contributed by atoms with Crippen LogP contribution in [0.2, 0.25) is 0 Å². The number of sulfonamides is 1. The molecule has 1 heterocycles. The molecule has 0 aliphatic carbocycles. The van der Waals surface area contributed by atoms with Gasteiger partial charge in [0.2, 0.25) is 10.0 Å². The molecule has 186 valence electrons. The van der Waals surface area contributed by atoms with Crippen LogP contribution >= 0.6 is 0 Å². The Hall–Kier alpha value is -3.88. The van der Waals surface area contributed by atoms with Crippen molar-refractivity contribution in [2.45, 2.75) is 31.3 Å². The van der Waals surface area contributed by atoms with Crippen molar-refractivity contribution in [2.75, 3.05) is 7.11 Å². The third-order valence-electron chi connectivity index (χ3n) is 5.84. The molecule has 2 N–H and O–H groups in total. The molecular weight excluding hydrogens is 478 g/mol. The number of furan rings is 1. The number of primary sulfonamides is 1. The highest BCUT2D eigenvalue weighted by atomic mass is 32.2. The van der Waals surface area contributed by atoms with Gasteiger partial charge in [0.05, 0.1) is 12.0 Å². The number of rotatable bonds is 10. The fourth-order valence-corrected chi connectivity index (χ4v) is 4.62. The van der Waals surface area contributed by atoms with Gasteiger partial charge in [-0.05, 0) is 54.4 Å². The maximum absolute atomic E-state index is 12.7. The largest absolute Gasteiger partial charge is 0.497 e. The summed E-state index contributed by atoms with van der Waals surface area (Å²) >= 11 is 0. The molecule has 0 saturated heterocycles. The lowest BCUT2D eigenvalue weighted by molar-refractivity contribution is 0.0977. The van der Waals surface area contributed by atoms with Gasteiger partial charge in [-0.15, -0.1) is 0 Å². The highest BCUT2D eigenvalue weighted by Crippen LogP contribution is 2.26. The minimum absolute atomic E-state index is 0.0879. The summed E-state index contributed by atoms with van der Waals surface area (Å²) in [6.45, 7) is 2.16. The topological polar surface area (TPSA) is 109 Å². The third-order valence-corrected chi connectivity index (χ3v) is 6.81. The molecular formula is C28H27NO6S. The van der Waals surface area contributed by atoms with Crippen molar-refractivity contribution in [3.05, 3.63) is 102 Å². The summed E-state index contributed by atoms with van der Waals surface area (Å²) in [5.74, 6) is 2.55. The lowest BCUT2D eigenvalue weighted by Crippen LogP contribution is -2.16. The summed E-state index contributed by atoms with van der Waals surface area (Å²) in [6.07, 6.45) is 0.418. The third kappa shape index (κ3) is 6.02. The molecule has 4 rings (SSSR count). The molecule has 0 bridgehead atoms. The van der Waals surface area contributed by atoms with Crippen molar-refractivity contribution < 1.29 is 27.1 Å². The number of methoxy groups -OCH3 is 1. The molecule has 0 amide bonds. The molecule has 0 aliphatic heterocycles. The SMILES string of the molecule is COc1ccc(-c2ccc(OCc3cc(CCC(=O)c4ccccc4S(N)(=O)=O)oc3C)cc2)cc1. The zero-order valence-electron chi connectivity index (χ0n) is 20.1. The molecule has 1 aromatic heterocycles. The Labute approximate surface area is 210 Å². The average molecular weight is 506 g/mol. The average Bonchev–Trinajstić information content (AvgIpc) is 3.25. The molecule has 0 fully saturated rings. The van der Waals surface area contributed by atoms with Gasteiger partial charge in [0, 0.05) is 24.0 Å². The van der Waals surface area contributed by atoms with Gasteiger partial charge in [-0.3, -0.25) is 4.79 Å². The van der Waals surface area contributed by atoms with Crippen LogP contribution in [-0.4, -0.2) is 21.3 Å². The predicted molar refractivity (Wildman–Crippen MR) is 137 cm³/mol. The highest BCUT2D eigenvalue weighted by Gasteiger charge is 2.19. The first-order valence-corrected chi connectivity index (χ1v) is 12.9.